The lowest BCUT2D eigenvalue weighted by atomic mass is 9.87. The van der Waals surface area contributed by atoms with Crippen molar-refractivity contribution in [3.8, 4) is 5.75 Å². The average molecular weight is 270 g/mol. The number of carbonyl (C=O) groups is 1. The maximum atomic E-state index is 12.1. The van der Waals surface area contributed by atoms with Gasteiger partial charge in [-0.15, -0.1) is 11.3 Å². The molecular formula is C15H26O2S. The van der Waals surface area contributed by atoms with Gasteiger partial charge in [-0.1, -0.05) is 49.0 Å². The highest BCUT2D eigenvalue weighted by Gasteiger charge is 2.28. The molecule has 0 radical (unpaired) electrons. The van der Waals surface area contributed by atoms with Gasteiger partial charge in [-0.2, -0.15) is 0 Å². The van der Waals surface area contributed by atoms with Gasteiger partial charge in [0.15, 0.2) is 5.78 Å². The molecule has 0 saturated carbocycles. The highest BCUT2D eigenvalue weighted by molar-refractivity contribution is 7.12. The van der Waals surface area contributed by atoms with Gasteiger partial charge in [0.25, 0.3) is 0 Å². The number of carbonyl (C=O) groups excluding carboxylic acids is 1. The summed E-state index contributed by atoms with van der Waals surface area (Å²) in [6.07, 6.45) is 0.784. The van der Waals surface area contributed by atoms with Crippen LogP contribution < -0.4 is 0 Å². The molecule has 0 aliphatic heterocycles. The summed E-state index contributed by atoms with van der Waals surface area (Å²) < 4.78 is 0. The van der Waals surface area contributed by atoms with Crippen LogP contribution in [-0.2, 0) is 6.42 Å². The average Bonchev–Trinajstić information content (AvgIpc) is 2.43. The van der Waals surface area contributed by atoms with Gasteiger partial charge in [0, 0.05) is 11.0 Å². The largest absolute Gasteiger partial charge is 0.506 e. The second kappa shape index (κ2) is 5.43. The fourth-order valence-corrected chi connectivity index (χ4v) is 2.70. The smallest absolute Gasteiger partial charge is 0.181 e. The molecule has 104 valence electrons. The Labute approximate surface area is 115 Å². The molecule has 0 saturated heterocycles. The number of thiophene rings is 1. The second-order valence-corrected chi connectivity index (χ2v) is 7.63. The number of ketones is 1. The topological polar surface area (TPSA) is 37.3 Å². The van der Waals surface area contributed by atoms with Gasteiger partial charge in [-0.25, -0.2) is 0 Å². The van der Waals surface area contributed by atoms with Gasteiger partial charge in [0.05, 0.1) is 0 Å². The van der Waals surface area contributed by atoms with Crippen LogP contribution in [-0.4, -0.2) is 10.9 Å². The van der Waals surface area contributed by atoms with E-state index < -0.39 is 5.41 Å². The molecule has 0 unspecified atom stereocenters. The van der Waals surface area contributed by atoms with E-state index in [2.05, 4.69) is 20.8 Å². The third-order valence-electron chi connectivity index (χ3n) is 2.45. The van der Waals surface area contributed by atoms with E-state index in [0.717, 1.165) is 12.0 Å². The van der Waals surface area contributed by atoms with Gasteiger partial charge in [0.1, 0.15) is 10.6 Å². The van der Waals surface area contributed by atoms with Crippen LogP contribution in [0.4, 0.5) is 0 Å². The van der Waals surface area contributed by atoms with Crippen molar-refractivity contribution in [2.45, 2.75) is 55.4 Å². The molecule has 0 amide bonds. The molecule has 3 heteroatoms. The summed E-state index contributed by atoms with van der Waals surface area (Å²) in [6, 6.07) is 0. The van der Waals surface area contributed by atoms with E-state index in [9.17, 15) is 9.90 Å². The van der Waals surface area contributed by atoms with Crippen LogP contribution in [0.3, 0.4) is 0 Å². The van der Waals surface area contributed by atoms with Crippen LogP contribution in [0.15, 0.2) is 5.38 Å². The third kappa shape index (κ3) is 4.13. The van der Waals surface area contributed by atoms with Gasteiger partial charge < -0.3 is 5.11 Å². The monoisotopic (exact) mass is 270 g/mol. The Morgan fingerprint density at radius 3 is 2.11 bits per heavy atom. The van der Waals surface area contributed by atoms with E-state index in [1.54, 1.807) is 0 Å². The van der Waals surface area contributed by atoms with Gasteiger partial charge >= 0.3 is 0 Å². The molecule has 1 heterocycles. The third-order valence-corrected chi connectivity index (χ3v) is 3.46. The van der Waals surface area contributed by atoms with Crippen LogP contribution in [0.2, 0.25) is 0 Å². The summed E-state index contributed by atoms with van der Waals surface area (Å²) in [7, 11) is 0. The lowest BCUT2D eigenvalue weighted by Crippen LogP contribution is -2.19. The Morgan fingerprint density at radius 1 is 1.22 bits per heavy atom. The van der Waals surface area contributed by atoms with Crippen molar-refractivity contribution >= 4 is 17.1 Å². The molecule has 0 aromatic carbocycles. The first-order valence-corrected chi connectivity index (χ1v) is 6.74. The van der Waals surface area contributed by atoms with Crippen LogP contribution in [0.1, 0.15) is 64.2 Å². The van der Waals surface area contributed by atoms with Gasteiger partial charge in [0.2, 0.25) is 0 Å². The highest BCUT2D eigenvalue weighted by atomic mass is 32.1. The molecule has 1 aromatic heterocycles. The van der Waals surface area contributed by atoms with E-state index in [0.29, 0.717) is 4.88 Å². The zero-order valence-electron chi connectivity index (χ0n) is 11.5. The van der Waals surface area contributed by atoms with Crippen molar-refractivity contribution in [1.82, 2.24) is 0 Å². The summed E-state index contributed by atoms with van der Waals surface area (Å²) in [5.74, 6) is 0.199. The maximum Gasteiger partial charge on any atom is 0.181 e. The summed E-state index contributed by atoms with van der Waals surface area (Å²) >= 11 is 1.35. The van der Waals surface area contributed by atoms with Crippen LogP contribution in [0.5, 0.6) is 5.75 Å². The van der Waals surface area contributed by atoms with E-state index in [-0.39, 0.29) is 24.4 Å². The molecule has 0 bridgehead atoms. The molecule has 1 rings (SSSR count). The van der Waals surface area contributed by atoms with Crippen molar-refractivity contribution in [2.24, 2.45) is 10.8 Å². The summed E-state index contributed by atoms with van der Waals surface area (Å²) in [5, 5.41) is 12.0. The molecule has 0 atom stereocenters. The van der Waals surface area contributed by atoms with Crippen LogP contribution in [0, 0.1) is 10.8 Å². The maximum absolute atomic E-state index is 12.1. The number of hydrogen-bond acceptors (Lipinski definition) is 3. The Bertz CT molecular complexity index is 417. The number of aromatic hydroxyl groups is 1. The standard InChI is InChI=1S/C14H22O2S.CH4/c1-13(2,3)7-9-8-17-11(10(9)15)12(16)14(4,5)6;/h8,15H,7H2,1-6H3;1H4. The van der Waals surface area contributed by atoms with Crippen molar-refractivity contribution in [3.63, 3.8) is 0 Å². The van der Waals surface area contributed by atoms with E-state index in [1.807, 2.05) is 26.2 Å². The molecule has 0 aliphatic rings. The summed E-state index contributed by atoms with van der Waals surface area (Å²) in [6.45, 7) is 12.0. The fourth-order valence-electron chi connectivity index (χ4n) is 1.59. The molecule has 0 spiro atoms. The molecule has 18 heavy (non-hydrogen) atoms. The minimum Gasteiger partial charge on any atom is -0.506 e. The zero-order chi connectivity index (χ0) is 13.4. The second-order valence-electron chi connectivity index (χ2n) is 6.76. The number of hydrogen-bond donors (Lipinski definition) is 1. The van der Waals surface area contributed by atoms with Crippen molar-refractivity contribution in [3.05, 3.63) is 15.8 Å². The van der Waals surface area contributed by atoms with Gasteiger partial charge in [-0.05, 0) is 17.2 Å². The lowest BCUT2D eigenvalue weighted by molar-refractivity contribution is 0.0860. The van der Waals surface area contributed by atoms with E-state index >= 15 is 0 Å². The number of Topliss-reactive ketones (excluding diaryl/α,β-unsaturated/α-hetero) is 1. The first kappa shape index (κ1) is 17.2. The zero-order valence-corrected chi connectivity index (χ0v) is 12.4. The minimum atomic E-state index is -0.443. The fraction of sp³-hybridized carbons (Fsp3) is 0.667. The molecule has 0 aliphatic carbocycles. The molecular weight excluding hydrogens is 244 g/mol. The Hall–Kier alpha value is -0.830. The number of rotatable bonds is 2. The van der Waals surface area contributed by atoms with Crippen molar-refractivity contribution in [1.29, 1.82) is 0 Å². The quantitative estimate of drug-likeness (QED) is 0.775. The first-order chi connectivity index (χ1) is 7.52. The van der Waals surface area contributed by atoms with E-state index in [1.165, 1.54) is 11.3 Å². The summed E-state index contributed by atoms with van der Waals surface area (Å²) in [4.78, 5) is 12.6. The minimum absolute atomic E-state index is 0. The molecule has 2 nitrogen and oxygen atoms in total. The normalized spacial score (nSPS) is 12.1. The predicted molar refractivity (Wildman–Crippen MR) is 79.7 cm³/mol. The Kier molecular flexibility index (Phi) is 5.18. The van der Waals surface area contributed by atoms with Crippen molar-refractivity contribution in [2.75, 3.05) is 0 Å². The molecule has 1 aromatic rings. The Morgan fingerprint density at radius 2 is 1.72 bits per heavy atom. The molecule has 1 N–H and O–H groups in total. The Balaban J connectivity index is 0.00000289. The SMILES string of the molecule is C.CC(C)(C)Cc1csc(C(=O)C(C)(C)C)c1O. The predicted octanol–water partition coefficient (Wildman–Crippen LogP) is 4.91. The van der Waals surface area contributed by atoms with E-state index in [4.69, 9.17) is 0 Å². The van der Waals surface area contributed by atoms with Crippen LogP contribution in [0.25, 0.3) is 0 Å². The van der Waals surface area contributed by atoms with Crippen LogP contribution >= 0.6 is 11.3 Å². The highest BCUT2D eigenvalue weighted by Crippen LogP contribution is 2.37. The summed E-state index contributed by atoms with van der Waals surface area (Å²) in [5.41, 5.74) is 0.553. The first-order valence-electron chi connectivity index (χ1n) is 5.86. The molecule has 0 fully saturated rings. The lowest BCUT2D eigenvalue weighted by Gasteiger charge is -2.18. The van der Waals surface area contributed by atoms with Crippen molar-refractivity contribution < 1.29 is 9.90 Å². The van der Waals surface area contributed by atoms with Gasteiger partial charge in [-0.3, -0.25) is 4.79 Å².